The smallest absolute Gasteiger partial charge is 0.0253 e. The van der Waals surface area contributed by atoms with E-state index in [0.717, 1.165) is 20.9 Å². The molecule has 0 saturated carbocycles. The fourth-order valence-corrected chi connectivity index (χ4v) is 2.02. The zero-order chi connectivity index (χ0) is 11.4. The molecule has 0 heterocycles. The summed E-state index contributed by atoms with van der Waals surface area (Å²) >= 11 is 9.06. The summed E-state index contributed by atoms with van der Waals surface area (Å²) in [6.45, 7) is 0. The number of rotatable bonds is 2. The van der Waals surface area contributed by atoms with Crippen LogP contribution < -0.4 is 0 Å². The summed E-state index contributed by atoms with van der Waals surface area (Å²) in [7, 11) is 0. The molecule has 2 aromatic carbocycles. The SMILES string of the molecule is S/C(=C(/S)c1ccccc1)c1ccccc1. The first kappa shape index (κ1) is 11.4. The minimum atomic E-state index is 0.898. The van der Waals surface area contributed by atoms with E-state index in [-0.39, 0.29) is 0 Å². The van der Waals surface area contributed by atoms with Crippen molar-refractivity contribution in [3.05, 3.63) is 71.8 Å². The van der Waals surface area contributed by atoms with Gasteiger partial charge in [0.1, 0.15) is 0 Å². The average Bonchev–Trinajstić information content (AvgIpc) is 2.39. The highest BCUT2D eigenvalue weighted by atomic mass is 32.1. The first-order valence-electron chi connectivity index (χ1n) is 5.02. The molecule has 0 unspecified atom stereocenters. The van der Waals surface area contributed by atoms with Crippen LogP contribution in [0.1, 0.15) is 11.1 Å². The van der Waals surface area contributed by atoms with E-state index in [1.54, 1.807) is 0 Å². The van der Waals surface area contributed by atoms with Crippen LogP contribution in [0.5, 0.6) is 0 Å². The van der Waals surface area contributed by atoms with Gasteiger partial charge in [0.05, 0.1) is 0 Å². The summed E-state index contributed by atoms with van der Waals surface area (Å²) in [5.41, 5.74) is 2.17. The number of benzene rings is 2. The van der Waals surface area contributed by atoms with Crippen molar-refractivity contribution in [1.82, 2.24) is 0 Å². The van der Waals surface area contributed by atoms with Crippen LogP contribution in [0, 0.1) is 0 Å². The van der Waals surface area contributed by atoms with Gasteiger partial charge >= 0.3 is 0 Å². The van der Waals surface area contributed by atoms with E-state index in [2.05, 4.69) is 25.3 Å². The molecule has 0 aliphatic rings. The van der Waals surface area contributed by atoms with Gasteiger partial charge in [-0.15, -0.1) is 25.3 Å². The lowest BCUT2D eigenvalue weighted by atomic mass is 10.1. The quantitative estimate of drug-likeness (QED) is 0.569. The van der Waals surface area contributed by atoms with Gasteiger partial charge in [-0.3, -0.25) is 0 Å². The zero-order valence-electron chi connectivity index (χ0n) is 8.67. The maximum atomic E-state index is 4.53. The highest BCUT2D eigenvalue weighted by molar-refractivity contribution is 7.96. The minimum absolute atomic E-state index is 0.898. The van der Waals surface area contributed by atoms with Crippen molar-refractivity contribution in [2.45, 2.75) is 0 Å². The fourth-order valence-electron chi connectivity index (χ4n) is 1.47. The molecule has 0 nitrogen and oxygen atoms in total. The van der Waals surface area contributed by atoms with Crippen molar-refractivity contribution >= 4 is 35.1 Å². The van der Waals surface area contributed by atoms with Crippen molar-refractivity contribution in [1.29, 1.82) is 0 Å². The Kier molecular flexibility index (Phi) is 3.75. The Morgan fingerprint density at radius 2 is 0.875 bits per heavy atom. The normalized spacial score (nSPS) is 12.1. The second kappa shape index (κ2) is 5.28. The van der Waals surface area contributed by atoms with E-state index in [4.69, 9.17) is 0 Å². The summed E-state index contributed by atoms with van der Waals surface area (Å²) in [4.78, 5) is 1.80. The maximum Gasteiger partial charge on any atom is 0.0253 e. The molecular formula is C14H12S2. The Bertz CT molecular complexity index is 439. The van der Waals surface area contributed by atoms with Crippen LogP contribution in [0.4, 0.5) is 0 Å². The van der Waals surface area contributed by atoms with E-state index in [1.165, 1.54) is 0 Å². The third-order valence-corrected chi connectivity index (χ3v) is 3.46. The van der Waals surface area contributed by atoms with Gasteiger partial charge < -0.3 is 0 Å². The van der Waals surface area contributed by atoms with E-state index in [0.29, 0.717) is 0 Å². The van der Waals surface area contributed by atoms with Crippen LogP contribution in [-0.4, -0.2) is 0 Å². The van der Waals surface area contributed by atoms with Crippen LogP contribution in [-0.2, 0) is 0 Å². The van der Waals surface area contributed by atoms with E-state index in [1.807, 2.05) is 60.7 Å². The van der Waals surface area contributed by atoms with E-state index >= 15 is 0 Å². The fraction of sp³-hybridized carbons (Fsp3) is 0. The molecule has 0 N–H and O–H groups in total. The van der Waals surface area contributed by atoms with Gasteiger partial charge in [-0.1, -0.05) is 60.7 Å². The van der Waals surface area contributed by atoms with Crippen molar-refractivity contribution in [3.63, 3.8) is 0 Å². The van der Waals surface area contributed by atoms with Crippen LogP contribution in [0.25, 0.3) is 9.81 Å². The molecule has 0 bridgehead atoms. The second-order valence-corrected chi connectivity index (χ2v) is 4.32. The Labute approximate surface area is 107 Å². The van der Waals surface area contributed by atoms with Crippen LogP contribution in [0.3, 0.4) is 0 Å². The van der Waals surface area contributed by atoms with Crippen molar-refractivity contribution in [2.75, 3.05) is 0 Å². The Hall–Kier alpha value is -1.12. The van der Waals surface area contributed by atoms with E-state index < -0.39 is 0 Å². The highest BCUT2D eigenvalue weighted by Crippen LogP contribution is 2.31. The monoisotopic (exact) mass is 244 g/mol. The molecule has 0 atom stereocenters. The largest absolute Gasteiger partial charge is 0.142 e. The van der Waals surface area contributed by atoms with Gasteiger partial charge in [-0.05, 0) is 11.1 Å². The predicted molar refractivity (Wildman–Crippen MR) is 77.7 cm³/mol. The lowest BCUT2D eigenvalue weighted by molar-refractivity contribution is 1.63. The standard InChI is InChI=1S/C14H12S2/c15-13(11-7-3-1-4-8-11)14(16)12-9-5-2-6-10-12/h1-10,15-16H/b14-13+. The molecule has 80 valence electrons. The molecule has 0 saturated heterocycles. The number of thiol groups is 2. The minimum Gasteiger partial charge on any atom is -0.142 e. The Balaban J connectivity index is 2.43. The maximum absolute atomic E-state index is 4.53. The van der Waals surface area contributed by atoms with Gasteiger partial charge in [0.15, 0.2) is 0 Å². The predicted octanol–water partition coefficient (Wildman–Crippen LogP) is 4.37. The summed E-state index contributed by atoms with van der Waals surface area (Å²) in [5.74, 6) is 0. The Morgan fingerprint density at radius 1 is 0.562 bits per heavy atom. The summed E-state index contributed by atoms with van der Waals surface area (Å²) in [6, 6.07) is 20.1. The van der Waals surface area contributed by atoms with Crippen LogP contribution in [0.2, 0.25) is 0 Å². The first-order valence-corrected chi connectivity index (χ1v) is 5.91. The third kappa shape index (κ3) is 2.52. The topological polar surface area (TPSA) is 0 Å². The molecule has 16 heavy (non-hydrogen) atoms. The molecule has 0 amide bonds. The summed E-state index contributed by atoms with van der Waals surface area (Å²) in [6.07, 6.45) is 0. The zero-order valence-corrected chi connectivity index (χ0v) is 10.5. The molecule has 2 rings (SSSR count). The molecule has 2 heteroatoms. The number of hydrogen-bond donors (Lipinski definition) is 2. The second-order valence-electron chi connectivity index (χ2n) is 3.43. The molecular weight excluding hydrogens is 232 g/mol. The van der Waals surface area contributed by atoms with Gasteiger partial charge in [0, 0.05) is 9.81 Å². The van der Waals surface area contributed by atoms with E-state index in [9.17, 15) is 0 Å². The van der Waals surface area contributed by atoms with Gasteiger partial charge in [-0.25, -0.2) is 0 Å². The van der Waals surface area contributed by atoms with Crippen LogP contribution in [0.15, 0.2) is 60.7 Å². The first-order chi connectivity index (χ1) is 7.79. The molecule has 2 aromatic rings. The average molecular weight is 244 g/mol. The molecule has 0 aliphatic heterocycles. The van der Waals surface area contributed by atoms with Crippen molar-refractivity contribution < 1.29 is 0 Å². The van der Waals surface area contributed by atoms with Crippen LogP contribution >= 0.6 is 25.3 Å². The number of hydrogen-bond acceptors (Lipinski definition) is 2. The van der Waals surface area contributed by atoms with Crippen molar-refractivity contribution in [2.24, 2.45) is 0 Å². The molecule has 0 spiro atoms. The van der Waals surface area contributed by atoms with Crippen molar-refractivity contribution in [3.8, 4) is 0 Å². The van der Waals surface area contributed by atoms with Gasteiger partial charge in [0.25, 0.3) is 0 Å². The highest BCUT2D eigenvalue weighted by Gasteiger charge is 2.03. The molecule has 0 aromatic heterocycles. The summed E-state index contributed by atoms with van der Waals surface area (Å²) in [5, 5.41) is 0. The van der Waals surface area contributed by atoms with Gasteiger partial charge in [-0.2, -0.15) is 0 Å². The van der Waals surface area contributed by atoms with Gasteiger partial charge in [0.2, 0.25) is 0 Å². The molecule has 0 fully saturated rings. The Morgan fingerprint density at radius 3 is 1.19 bits per heavy atom. The lowest BCUT2D eigenvalue weighted by Crippen LogP contribution is -1.81. The lowest BCUT2D eigenvalue weighted by Gasteiger charge is -2.06. The molecule has 0 aliphatic carbocycles. The molecule has 0 radical (unpaired) electrons. The third-order valence-electron chi connectivity index (χ3n) is 2.32. The summed E-state index contributed by atoms with van der Waals surface area (Å²) < 4.78 is 0.